The normalized spacial score (nSPS) is 22.5. The first kappa shape index (κ1) is 18.3. The summed E-state index contributed by atoms with van der Waals surface area (Å²) in [6, 6.07) is 6.48. The smallest absolute Gasteiger partial charge is 0.243 e. The number of nitrogens with one attached hydrogen (secondary N) is 2. The summed E-state index contributed by atoms with van der Waals surface area (Å²) in [4.78, 5) is 12.4. The van der Waals surface area contributed by atoms with Crippen LogP contribution in [-0.2, 0) is 19.6 Å². The maximum atomic E-state index is 12.7. The first-order chi connectivity index (χ1) is 12.1. The topological polar surface area (TPSA) is 87.7 Å². The summed E-state index contributed by atoms with van der Waals surface area (Å²) in [5.74, 6) is -0.157. The molecule has 2 aliphatic rings. The summed E-state index contributed by atoms with van der Waals surface area (Å²) in [6.07, 6.45) is 3.16. The highest BCUT2D eigenvalue weighted by Gasteiger charge is 2.26. The zero-order chi connectivity index (χ0) is 17.7. The number of morpholine rings is 1. The van der Waals surface area contributed by atoms with Gasteiger partial charge in [-0.25, -0.2) is 8.42 Å². The van der Waals surface area contributed by atoms with Crippen molar-refractivity contribution < 1.29 is 17.9 Å². The number of amides is 1. The van der Waals surface area contributed by atoms with Gasteiger partial charge in [-0.2, -0.15) is 4.31 Å². The first-order valence-corrected chi connectivity index (χ1v) is 10.2. The van der Waals surface area contributed by atoms with E-state index in [1.165, 1.54) is 10.4 Å². The molecule has 1 unspecified atom stereocenters. The number of piperidine rings is 1. The van der Waals surface area contributed by atoms with Crippen LogP contribution in [0.1, 0.15) is 25.7 Å². The Morgan fingerprint density at radius 3 is 2.80 bits per heavy atom. The molecular formula is C17H25N3O4S. The van der Waals surface area contributed by atoms with Gasteiger partial charge < -0.3 is 15.4 Å². The average Bonchev–Trinajstić information content (AvgIpc) is 2.63. The summed E-state index contributed by atoms with van der Waals surface area (Å²) >= 11 is 0. The number of rotatable bonds is 5. The van der Waals surface area contributed by atoms with Gasteiger partial charge >= 0.3 is 0 Å². The molecular weight excluding hydrogens is 342 g/mol. The largest absolute Gasteiger partial charge is 0.378 e. The number of carbonyl (C=O) groups excluding carboxylic acids is 1. The minimum Gasteiger partial charge on any atom is -0.378 e. The van der Waals surface area contributed by atoms with Crippen LogP contribution in [0.15, 0.2) is 29.2 Å². The standard InChI is InChI=1S/C17H25N3O4S/c21-17(12-15-13-24-10-7-18-15)19-14-5-4-6-16(11-14)25(22,23)20-8-2-1-3-9-20/h4-6,11,15,18H,1-3,7-10,12-13H2,(H,19,21). The summed E-state index contributed by atoms with van der Waals surface area (Å²) in [5.41, 5.74) is 0.500. The van der Waals surface area contributed by atoms with E-state index in [0.29, 0.717) is 38.4 Å². The van der Waals surface area contributed by atoms with Crippen molar-refractivity contribution in [2.75, 3.05) is 38.2 Å². The van der Waals surface area contributed by atoms with Gasteiger partial charge in [0.05, 0.1) is 18.1 Å². The van der Waals surface area contributed by atoms with Crippen molar-refractivity contribution in [3.8, 4) is 0 Å². The van der Waals surface area contributed by atoms with E-state index in [0.717, 1.165) is 25.8 Å². The molecule has 3 rings (SSSR count). The molecule has 2 fully saturated rings. The van der Waals surface area contributed by atoms with Gasteiger partial charge in [0.2, 0.25) is 15.9 Å². The number of sulfonamides is 1. The van der Waals surface area contributed by atoms with Crippen LogP contribution in [0.5, 0.6) is 0 Å². The van der Waals surface area contributed by atoms with E-state index in [9.17, 15) is 13.2 Å². The minimum atomic E-state index is -3.50. The number of hydrogen-bond donors (Lipinski definition) is 2. The van der Waals surface area contributed by atoms with Crippen molar-refractivity contribution in [1.82, 2.24) is 9.62 Å². The van der Waals surface area contributed by atoms with E-state index in [1.54, 1.807) is 18.2 Å². The average molecular weight is 367 g/mol. The Morgan fingerprint density at radius 2 is 2.08 bits per heavy atom. The van der Waals surface area contributed by atoms with Crippen LogP contribution in [0.4, 0.5) is 5.69 Å². The Kier molecular flexibility index (Phi) is 6.06. The highest BCUT2D eigenvalue weighted by Crippen LogP contribution is 2.23. The molecule has 2 heterocycles. The van der Waals surface area contributed by atoms with Crippen molar-refractivity contribution in [3.05, 3.63) is 24.3 Å². The molecule has 2 aliphatic heterocycles. The van der Waals surface area contributed by atoms with Gasteiger partial charge in [-0.3, -0.25) is 4.79 Å². The van der Waals surface area contributed by atoms with Crippen LogP contribution in [0.2, 0.25) is 0 Å². The second kappa shape index (κ2) is 8.27. The Bertz CT molecular complexity index is 696. The quantitative estimate of drug-likeness (QED) is 0.816. The summed E-state index contributed by atoms with van der Waals surface area (Å²) in [5, 5.41) is 6.01. The molecule has 2 N–H and O–H groups in total. The molecule has 0 bridgehead atoms. The maximum absolute atomic E-state index is 12.7. The predicted octanol–water partition coefficient (Wildman–Crippen LogP) is 1.18. The SMILES string of the molecule is O=C(CC1COCCN1)Nc1cccc(S(=O)(=O)N2CCCCC2)c1. The first-order valence-electron chi connectivity index (χ1n) is 8.77. The Morgan fingerprint density at radius 1 is 1.28 bits per heavy atom. The van der Waals surface area contributed by atoms with Gasteiger partial charge in [-0.1, -0.05) is 12.5 Å². The molecule has 0 radical (unpaired) electrons. The third-order valence-corrected chi connectivity index (χ3v) is 6.40. The van der Waals surface area contributed by atoms with Crippen LogP contribution in [0.25, 0.3) is 0 Å². The van der Waals surface area contributed by atoms with Crippen LogP contribution in [0.3, 0.4) is 0 Å². The number of nitrogens with zero attached hydrogens (tertiary/aromatic N) is 1. The van der Waals surface area contributed by atoms with Gasteiger partial charge in [0, 0.05) is 37.8 Å². The molecule has 2 saturated heterocycles. The van der Waals surface area contributed by atoms with Crippen LogP contribution in [-0.4, -0.2) is 57.5 Å². The fourth-order valence-corrected chi connectivity index (χ4v) is 4.74. The van der Waals surface area contributed by atoms with Crippen LogP contribution >= 0.6 is 0 Å². The van der Waals surface area contributed by atoms with Crippen LogP contribution < -0.4 is 10.6 Å². The van der Waals surface area contributed by atoms with Gasteiger partial charge in [0.15, 0.2) is 0 Å². The third-order valence-electron chi connectivity index (χ3n) is 4.50. The zero-order valence-corrected chi connectivity index (χ0v) is 15.1. The van der Waals surface area contributed by atoms with Crippen molar-refractivity contribution in [1.29, 1.82) is 0 Å². The Hall–Kier alpha value is -1.48. The number of ether oxygens (including phenoxy) is 1. The molecule has 8 heteroatoms. The number of carbonyl (C=O) groups is 1. The zero-order valence-electron chi connectivity index (χ0n) is 14.2. The third kappa shape index (κ3) is 4.78. The van der Waals surface area contributed by atoms with E-state index >= 15 is 0 Å². The van der Waals surface area contributed by atoms with Crippen molar-refractivity contribution in [2.45, 2.75) is 36.6 Å². The lowest BCUT2D eigenvalue weighted by atomic mass is 10.2. The molecule has 1 atom stereocenters. The lowest BCUT2D eigenvalue weighted by Gasteiger charge is -2.26. The summed E-state index contributed by atoms with van der Waals surface area (Å²) < 4.78 is 32.3. The Labute approximate surface area is 148 Å². The van der Waals surface area contributed by atoms with E-state index in [2.05, 4.69) is 10.6 Å². The molecule has 138 valence electrons. The van der Waals surface area contributed by atoms with Gasteiger partial charge in [0.1, 0.15) is 0 Å². The monoisotopic (exact) mass is 367 g/mol. The fraction of sp³-hybridized carbons (Fsp3) is 0.588. The molecule has 0 aliphatic carbocycles. The fourth-order valence-electron chi connectivity index (χ4n) is 3.18. The maximum Gasteiger partial charge on any atom is 0.243 e. The molecule has 0 saturated carbocycles. The second-order valence-corrected chi connectivity index (χ2v) is 8.41. The van der Waals surface area contributed by atoms with E-state index in [1.807, 2.05) is 0 Å². The molecule has 1 amide bonds. The number of benzene rings is 1. The highest BCUT2D eigenvalue weighted by atomic mass is 32.2. The number of hydrogen-bond acceptors (Lipinski definition) is 5. The van der Waals surface area contributed by atoms with Gasteiger partial charge in [-0.05, 0) is 31.0 Å². The van der Waals surface area contributed by atoms with E-state index in [4.69, 9.17) is 4.74 Å². The summed E-state index contributed by atoms with van der Waals surface area (Å²) in [6.45, 7) is 3.03. The van der Waals surface area contributed by atoms with Gasteiger partial charge in [0.25, 0.3) is 0 Å². The molecule has 25 heavy (non-hydrogen) atoms. The lowest BCUT2D eigenvalue weighted by molar-refractivity contribution is -0.117. The van der Waals surface area contributed by atoms with Crippen molar-refractivity contribution in [3.63, 3.8) is 0 Å². The second-order valence-electron chi connectivity index (χ2n) is 6.47. The van der Waals surface area contributed by atoms with Crippen LogP contribution in [0, 0.1) is 0 Å². The highest BCUT2D eigenvalue weighted by molar-refractivity contribution is 7.89. The molecule has 1 aromatic rings. The van der Waals surface area contributed by atoms with Gasteiger partial charge in [-0.15, -0.1) is 0 Å². The summed E-state index contributed by atoms with van der Waals surface area (Å²) in [7, 11) is -3.50. The molecule has 1 aromatic carbocycles. The van der Waals surface area contributed by atoms with Crippen molar-refractivity contribution in [2.24, 2.45) is 0 Å². The molecule has 7 nitrogen and oxygen atoms in total. The Balaban J connectivity index is 1.65. The van der Waals surface area contributed by atoms with Crippen molar-refractivity contribution >= 4 is 21.6 Å². The lowest BCUT2D eigenvalue weighted by Crippen LogP contribution is -2.43. The molecule has 0 spiro atoms. The predicted molar refractivity (Wildman–Crippen MR) is 94.9 cm³/mol. The minimum absolute atomic E-state index is 0.00554. The van der Waals surface area contributed by atoms with E-state index in [-0.39, 0.29) is 16.8 Å². The number of anilines is 1. The van der Waals surface area contributed by atoms with E-state index < -0.39 is 10.0 Å². The molecule has 0 aromatic heterocycles.